The monoisotopic (exact) mass is 463 g/mol. The molecule has 0 saturated heterocycles. The summed E-state index contributed by atoms with van der Waals surface area (Å²) in [6, 6.07) is 9.01. The molecule has 0 spiro atoms. The van der Waals surface area contributed by atoms with Gasteiger partial charge in [-0.1, -0.05) is 19.9 Å². The van der Waals surface area contributed by atoms with Gasteiger partial charge in [-0.05, 0) is 43.7 Å². The van der Waals surface area contributed by atoms with E-state index < -0.39 is 27.9 Å². The zero-order chi connectivity index (χ0) is 24.1. The van der Waals surface area contributed by atoms with Gasteiger partial charge in [-0.3, -0.25) is 4.79 Å². The fraction of sp³-hybridized carbons (Fsp3) is 0.391. The van der Waals surface area contributed by atoms with Crippen molar-refractivity contribution in [1.82, 2.24) is 4.31 Å². The van der Waals surface area contributed by atoms with Gasteiger partial charge in [-0.25, -0.2) is 13.2 Å². The summed E-state index contributed by atoms with van der Waals surface area (Å²) < 4.78 is 42.9. The summed E-state index contributed by atoms with van der Waals surface area (Å²) in [6.45, 7) is 7.22. The number of carbonyl (C=O) groups excluding carboxylic acids is 2. The minimum atomic E-state index is -3.76. The van der Waals surface area contributed by atoms with E-state index in [9.17, 15) is 18.0 Å². The Hall–Kier alpha value is -2.91. The molecule has 2 rings (SSSR count). The zero-order valence-corrected chi connectivity index (χ0v) is 20.0. The first-order valence-corrected chi connectivity index (χ1v) is 11.6. The Kier molecular flexibility index (Phi) is 8.40. The molecule has 2 aromatic carbocycles. The van der Waals surface area contributed by atoms with Gasteiger partial charge in [0.2, 0.25) is 15.8 Å². The van der Waals surface area contributed by atoms with Crippen molar-refractivity contribution in [2.75, 3.05) is 27.3 Å². The number of aryl methyl sites for hydroxylation is 1. The van der Waals surface area contributed by atoms with Gasteiger partial charge >= 0.3 is 5.97 Å². The molecule has 0 saturated carbocycles. The maximum atomic E-state index is 12.9. The first-order chi connectivity index (χ1) is 15.1. The van der Waals surface area contributed by atoms with E-state index in [1.165, 1.54) is 43.6 Å². The van der Waals surface area contributed by atoms with E-state index in [0.29, 0.717) is 30.2 Å². The lowest BCUT2D eigenvalue weighted by Crippen LogP contribution is -2.31. The lowest BCUT2D eigenvalue weighted by molar-refractivity contribution is 0.0317. The molecule has 174 valence electrons. The SMILES string of the molecule is CCN(CC)S(=O)(=O)c1cc(C(=O)O[C@H](C)C(=O)c2ccc(OC)cc2OC)ccc1C. The number of sulfonamides is 1. The molecule has 0 aromatic heterocycles. The van der Waals surface area contributed by atoms with E-state index in [-0.39, 0.29) is 16.0 Å². The molecular formula is C23H29NO7S. The number of ketones is 1. The van der Waals surface area contributed by atoms with Crippen LogP contribution in [0.25, 0.3) is 0 Å². The van der Waals surface area contributed by atoms with E-state index in [4.69, 9.17) is 14.2 Å². The van der Waals surface area contributed by atoms with Crippen molar-refractivity contribution in [2.24, 2.45) is 0 Å². The van der Waals surface area contributed by atoms with Crippen molar-refractivity contribution in [2.45, 2.75) is 38.7 Å². The van der Waals surface area contributed by atoms with Crippen molar-refractivity contribution >= 4 is 21.8 Å². The quantitative estimate of drug-likeness (QED) is 0.393. The Bertz CT molecular complexity index is 1090. The second kappa shape index (κ2) is 10.6. The third kappa shape index (κ3) is 5.28. The van der Waals surface area contributed by atoms with E-state index in [1.54, 1.807) is 39.0 Å². The summed E-state index contributed by atoms with van der Waals surface area (Å²) in [4.78, 5) is 25.6. The number of rotatable bonds is 10. The Morgan fingerprint density at radius 1 is 1.00 bits per heavy atom. The number of carbonyl (C=O) groups is 2. The summed E-state index contributed by atoms with van der Waals surface area (Å²) in [5.74, 6) is -0.444. The topological polar surface area (TPSA) is 99.2 Å². The summed E-state index contributed by atoms with van der Waals surface area (Å²) in [7, 11) is -0.841. The van der Waals surface area contributed by atoms with Gasteiger partial charge in [-0.15, -0.1) is 0 Å². The third-order valence-electron chi connectivity index (χ3n) is 5.07. The zero-order valence-electron chi connectivity index (χ0n) is 19.2. The lowest BCUT2D eigenvalue weighted by Gasteiger charge is -2.20. The number of hydrogen-bond donors (Lipinski definition) is 0. The van der Waals surface area contributed by atoms with Crippen LogP contribution in [0.1, 0.15) is 47.1 Å². The average molecular weight is 464 g/mol. The van der Waals surface area contributed by atoms with Crippen LogP contribution in [0.2, 0.25) is 0 Å². The van der Waals surface area contributed by atoms with Crippen molar-refractivity contribution in [3.63, 3.8) is 0 Å². The van der Waals surface area contributed by atoms with Crippen LogP contribution in [0.5, 0.6) is 11.5 Å². The minimum absolute atomic E-state index is 0.0338. The molecule has 0 fully saturated rings. The van der Waals surface area contributed by atoms with Gasteiger partial charge < -0.3 is 14.2 Å². The summed E-state index contributed by atoms with van der Waals surface area (Å²) >= 11 is 0. The molecule has 0 radical (unpaired) electrons. The van der Waals surface area contributed by atoms with Gasteiger partial charge in [0.25, 0.3) is 0 Å². The second-order valence-corrected chi connectivity index (χ2v) is 8.95. The average Bonchev–Trinajstić information content (AvgIpc) is 2.78. The molecule has 0 N–H and O–H groups in total. The Labute approximate surface area is 189 Å². The number of ether oxygens (including phenoxy) is 3. The standard InChI is InChI=1S/C23H29NO7S/c1-7-24(8-2)32(27,28)21-13-17(10-9-15(21)3)23(26)31-16(4)22(25)19-12-11-18(29-5)14-20(19)30-6/h9-14,16H,7-8H2,1-6H3/t16-/m1/s1. The van der Waals surface area contributed by atoms with Crippen molar-refractivity contribution in [3.8, 4) is 11.5 Å². The molecule has 0 aliphatic rings. The van der Waals surface area contributed by atoms with Crippen LogP contribution in [-0.2, 0) is 14.8 Å². The number of esters is 1. The van der Waals surface area contributed by atoms with Crippen LogP contribution in [-0.4, -0.2) is 57.9 Å². The third-order valence-corrected chi connectivity index (χ3v) is 7.27. The molecule has 8 nitrogen and oxygen atoms in total. The largest absolute Gasteiger partial charge is 0.497 e. The molecule has 0 aliphatic heterocycles. The summed E-state index contributed by atoms with van der Waals surface area (Å²) in [5.41, 5.74) is 0.797. The molecule has 0 bridgehead atoms. The van der Waals surface area contributed by atoms with Crippen LogP contribution >= 0.6 is 0 Å². The molecule has 0 unspecified atom stereocenters. The van der Waals surface area contributed by atoms with E-state index in [1.807, 2.05) is 0 Å². The van der Waals surface area contributed by atoms with Gasteiger partial charge in [0.05, 0.1) is 30.2 Å². The number of methoxy groups -OCH3 is 2. The summed E-state index contributed by atoms with van der Waals surface area (Å²) in [6.07, 6.45) is -1.12. The molecule has 0 heterocycles. The molecule has 9 heteroatoms. The molecular weight excluding hydrogens is 434 g/mol. The van der Waals surface area contributed by atoms with E-state index >= 15 is 0 Å². The molecule has 32 heavy (non-hydrogen) atoms. The van der Waals surface area contributed by atoms with Crippen molar-refractivity contribution in [3.05, 3.63) is 53.1 Å². The minimum Gasteiger partial charge on any atom is -0.497 e. The van der Waals surface area contributed by atoms with E-state index in [0.717, 1.165) is 0 Å². The van der Waals surface area contributed by atoms with Crippen LogP contribution < -0.4 is 9.47 Å². The normalized spacial score (nSPS) is 12.3. The Morgan fingerprint density at radius 2 is 1.66 bits per heavy atom. The maximum Gasteiger partial charge on any atom is 0.338 e. The number of nitrogens with zero attached hydrogens (tertiary/aromatic N) is 1. The number of hydrogen-bond acceptors (Lipinski definition) is 7. The van der Waals surface area contributed by atoms with Crippen LogP contribution in [0.4, 0.5) is 0 Å². The second-order valence-electron chi connectivity index (χ2n) is 7.05. The fourth-order valence-electron chi connectivity index (χ4n) is 3.21. The van der Waals surface area contributed by atoms with Gasteiger partial charge in [-0.2, -0.15) is 4.31 Å². The molecule has 0 aliphatic carbocycles. The van der Waals surface area contributed by atoms with Gasteiger partial charge in [0.15, 0.2) is 6.10 Å². The highest BCUT2D eigenvalue weighted by Crippen LogP contribution is 2.27. The highest BCUT2D eigenvalue weighted by Gasteiger charge is 2.27. The van der Waals surface area contributed by atoms with Crippen LogP contribution in [0.15, 0.2) is 41.3 Å². The maximum absolute atomic E-state index is 12.9. The van der Waals surface area contributed by atoms with Crippen LogP contribution in [0.3, 0.4) is 0 Å². The molecule has 2 aromatic rings. The predicted octanol–water partition coefficient (Wildman–Crippen LogP) is 3.47. The van der Waals surface area contributed by atoms with Crippen molar-refractivity contribution < 1.29 is 32.2 Å². The lowest BCUT2D eigenvalue weighted by atomic mass is 10.1. The number of benzene rings is 2. The Balaban J connectivity index is 2.29. The van der Waals surface area contributed by atoms with Crippen LogP contribution in [0, 0.1) is 6.92 Å². The Morgan fingerprint density at radius 3 is 2.22 bits per heavy atom. The predicted molar refractivity (Wildman–Crippen MR) is 120 cm³/mol. The molecule has 0 amide bonds. The molecule has 1 atom stereocenters. The summed E-state index contributed by atoms with van der Waals surface area (Å²) in [5, 5.41) is 0. The first-order valence-electron chi connectivity index (χ1n) is 10.2. The van der Waals surface area contributed by atoms with E-state index in [2.05, 4.69) is 0 Å². The fourth-order valence-corrected chi connectivity index (χ4v) is 4.92. The van der Waals surface area contributed by atoms with Gasteiger partial charge in [0.1, 0.15) is 11.5 Å². The number of Topliss-reactive ketones (excluding diaryl/α,β-unsaturated/α-hetero) is 1. The highest BCUT2D eigenvalue weighted by atomic mass is 32.2. The van der Waals surface area contributed by atoms with Crippen molar-refractivity contribution in [1.29, 1.82) is 0 Å². The smallest absolute Gasteiger partial charge is 0.338 e. The first kappa shape index (κ1) is 25.4. The highest BCUT2D eigenvalue weighted by molar-refractivity contribution is 7.89. The van der Waals surface area contributed by atoms with Gasteiger partial charge in [0, 0.05) is 19.2 Å².